The second-order valence-corrected chi connectivity index (χ2v) is 2.89. The number of anilines is 1. The van der Waals surface area contributed by atoms with Gasteiger partial charge in [-0.3, -0.25) is 0 Å². The molecule has 0 aliphatic heterocycles. The lowest BCUT2D eigenvalue weighted by Crippen LogP contribution is -1.93. The molecule has 0 unspecified atom stereocenters. The van der Waals surface area contributed by atoms with Crippen molar-refractivity contribution in [3.63, 3.8) is 0 Å². The average Bonchev–Trinajstić information content (AvgIpc) is 2.52. The number of nitrogens with two attached hydrogens (primary N) is 1. The number of nitrogens with one attached hydrogen (secondary N) is 1. The lowest BCUT2D eigenvalue weighted by Gasteiger charge is -2.05. The van der Waals surface area contributed by atoms with E-state index in [0.717, 1.165) is 22.3 Å². The lowest BCUT2D eigenvalue weighted by molar-refractivity contribution is 0.344. The molecule has 0 amide bonds. The Labute approximate surface area is 76.5 Å². The highest BCUT2D eigenvalue weighted by molar-refractivity contribution is 5.88. The summed E-state index contributed by atoms with van der Waals surface area (Å²) in [6.07, 6.45) is 1.88. The largest absolute Gasteiger partial charge is 0.493 e. The topological polar surface area (TPSA) is 51.0 Å². The summed E-state index contributed by atoms with van der Waals surface area (Å²) in [7, 11) is 0. The smallest absolute Gasteiger partial charge is 0.130 e. The summed E-state index contributed by atoms with van der Waals surface area (Å²) in [5, 5.41) is 1.08. The van der Waals surface area contributed by atoms with E-state index in [0.29, 0.717) is 6.61 Å². The van der Waals surface area contributed by atoms with Gasteiger partial charge in [0.2, 0.25) is 0 Å². The van der Waals surface area contributed by atoms with E-state index in [-0.39, 0.29) is 0 Å². The molecule has 0 radical (unpaired) electrons. The van der Waals surface area contributed by atoms with Crippen LogP contribution in [0, 0.1) is 0 Å². The fraction of sp³-hybridized carbons (Fsp3) is 0.200. The van der Waals surface area contributed by atoms with Gasteiger partial charge in [0.25, 0.3) is 0 Å². The van der Waals surface area contributed by atoms with Crippen LogP contribution in [0.4, 0.5) is 5.69 Å². The van der Waals surface area contributed by atoms with Crippen LogP contribution >= 0.6 is 0 Å². The number of ether oxygens (including phenoxy) is 1. The Hall–Kier alpha value is -1.64. The molecule has 0 atom stereocenters. The molecule has 0 spiro atoms. The van der Waals surface area contributed by atoms with Crippen molar-refractivity contribution in [2.75, 3.05) is 12.3 Å². The number of hydrogen-bond acceptors (Lipinski definition) is 2. The van der Waals surface area contributed by atoms with Crippen LogP contribution in [0.15, 0.2) is 24.4 Å². The van der Waals surface area contributed by atoms with Crippen LogP contribution in [0.3, 0.4) is 0 Å². The van der Waals surface area contributed by atoms with Gasteiger partial charge >= 0.3 is 0 Å². The number of H-pyrrole nitrogens is 1. The summed E-state index contributed by atoms with van der Waals surface area (Å²) in [5.74, 6) is 0.846. The van der Waals surface area contributed by atoms with Crippen LogP contribution in [-0.4, -0.2) is 11.6 Å². The molecule has 0 saturated heterocycles. The van der Waals surface area contributed by atoms with Crippen molar-refractivity contribution in [1.82, 2.24) is 4.98 Å². The second kappa shape index (κ2) is 3.01. The van der Waals surface area contributed by atoms with Crippen molar-refractivity contribution in [2.45, 2.75) is 6.92 Å². The molecule has 0 aliphatic carbocycles. The summed E-state index contributed by atoms with van der Waals surface area (Å²) in [5.41, 5.74) is 7.45. The maximum atomic E-state index is 5.71. The number of hydrogen-bond donors (Lipinski definition) is 2. The summed E-state index contributed by atoms with van der Waals surface area (Å²) >= 11 is 0. The minimum Gasteiger partial charge on any atom is -0.493 e. The Morgan fingerprint density at radius 2 is 2.31 bits per heavy atom. The standard InChI is InChI=1S/C10H12N2O/c1-2-13-10-6-7(11)5-9-8(10)3-4-12-9/h3-6,12H,2,11H2,1H3. The van der Waals surface area contributed by atoms with Crippen molar-refractivity contribution >= 4 is 16.6 Å². The number of rotatable bonds is 2. The van der Waals surface area contributed by atoms with Gasteiger partial charge < -0.3 is 15.5 Å². The number of aromatic nitrogens is 1. The molecule has 1 aromatic carbocycles. The molecule has 1 aromatic heterocycles. The van der Waals surface area contributed by atoms with Crippen molar-refractivity contribution in [3.05, 3.63) is 24.4 Å². The Morgan fingerprint density at radius 3 is 3.08 bits per heavy atom. The molecule has 0 saturated carbocycles. The van der Waals surface area contributed by atoms with Crippen LogP contribution in [0.2, 0.25) is 0 Å². The zero-order valence-corrected chi connectivity index (χ0v) is 7.50. The van der Waals surface area contributed by atoms with Gasteiger partial charge in [-0.2, -0.15) is 0 Å². The van der Waals surface area contributed by atoms with Gasteiger partial charge in [-0.1, -0.05) is 0 Å². The SMILES string of the molecule is CCOc1cc(N)cc2[nH]ccc12. The molecular formula is C10H12N2O. The van der Waals surface area contributed by atoms with E-state index < -0.39 is 0 Å². The second-order valence-electron chi connectivity index (χ2n) is 2.89. The Morgan fingerprint density at radius 1 is 1.46 bits per heavy atom. The van der Waals surface area contributed by atoms with Gasteiger partial charge in [0.1, 0.15) is 5.75 Å². The first-order chi connectivity index (χ1) is 6.31. The van der Waals surface area contributed by atoms with Gasteiger partial charge in [-0.25, -0.2) is 0 Å². The summed E-state index contributed by atoms with van der Waals surface area (Å²) < 4.78 is 5.46. The van der Waals surface area contributed by atoms with Crippen LogP contribution < -0.4 is 10.5 Å². The van der Waals surface area contributed by atoms with Gasteiger partial charge in [-0.15, -0.1) is 0 Å². The maximum absolute atomic E-state index is 5.71. The number of fused-ring (bicyclic) bond motifs is 1. The Kier molecular flexibility index (Phi) is 1.85. The molecule has 3 N–H and O–H groups in total. The normalized spacial score (nSPS) is 10.5. The molecular weight excluding hydrogens is 164 g/mol. The molecule has 13 heavy (non-hydrogen) atoms. The molecule has 68 valence electrons. The van der Waals surface area contributed by atoms with Gasteiger partial charge in [-0.05, 0) is 19.1 Å². The third-order valence-corrected chi connectivity index (χ3v) is 1.95. The molecule has 0 aliphatic rings. The van der Waals surface area contributed by atoms with Gasteiger partial charge in [0, 0.05) is 23.3 Å². The van der Waals surface area contributed by atoms with Crippen LogP contribution in [0.1, 0.15) is 6.92 Å². The fourth-order valence-electron chi connectivity index (χ4n) is 1.43. The van der Waals surface area contributed by atoms with Crippen molar-refractivity contribution in [3.8, 4) is 5.75 Å². The summed E-state index contributed by atoms with van der Waals surface area (Å²) in [6.45, 7) is 2.62. The fourth-order valence-corrected chi connectivity index (χ4v) is 1.43. The maximum Gasteiger partial charge on any atom is 0.130 e. The first-order valence-electron chi connectivity index (χ1n) is 4.30. The predicted molar refractivity (Wildman–Crippen MR) is 53.9 cm³/mol. The Bertz CT molecular complexity index is 420. The van der Waals surface area contributed by atoms with Crippen LogP contribution in [0.25, 0.3) is 10.9 Å². The molecule has 1 heterocycles. The average molecular weight is 176 g/mol. The quantitative estimate of drug-likeness (QED) is 0.689. The van der Waals surface area contributed by atoms with Gasteiger partial charge in [0.15, 0.2) is 0 Å². The third-order valence-electron chi connectivity index (χ3n) is 1.95. The highest BCUT2D eigenvalue weighted by Gasteiger charge is 2.03. The molecule has 3 heteroatoms. The number of nitrogen functional groups attached to an aromatic ring is 1. The lowest BCUT2D eigenvalue weighted by atomic mass is 10.2. The molecule has 0 fully saturated rings. The molecule has 0 bridgehead atoms. The zero-order chi connectivity index (χ0) is 9.26. The van der Waals surface area contributed by atoms with E-state index in [4.69, 9.17) is 10.5 Å². The van der Waals surface area contributed by atoms with E-state index in [9.17, 15) is 0 Å². The van der Waals surface area contributed by atoms with E-state index in [2.05, 4.69) is 4.98 Å². The first-order valence-corrected chi connectivity index (χ1v) is 4.30. The molecule has 3 nitrogen and oxygen atoms in total. The van der Waals surface area contributed by atoms with E-state index in [1.807, 2.05) is 31.3 Å². The Balaban J connectivity index is 2.63. The predicted octanol–water partition coefficient (Wildman–Crippen LogP) is 2.15. The van der Waals surface area contributed by atoms with Gasteiger partial charge in [0.05, 0.1) is 12.1 Å². The van der Waals surface area contributed by atoms with Crippen molar-refractivity contribution in [1.29, 1.82) is 0 Å². The van der Waals surface area contributed by atoms with Crippen LogP contribution in [-0.2, 0) is 0 Å². The van der Waals surface area contributed by atoms with Crippen molar-refractivity contribution < 1.29 is 4.74 Å². The summed E-state index contributed by atoms with van der Waals surface area (Å²) in [4.78, 5) is 3.10. The van der Waals surface area contributed by atoms with Crippen LogP contribution in [0.5, 0.6) is 5.75 Å². The minimum absolute atomic E-state index is 0.656. The first kappa shape index (κ1) is 7.98. The third kappa shape index (κ3) is 1.33. The monoisotopic (exact) mass is 176 g/mol. The number of benzene rings is 1. The highest BCUT2D eigenvalue weighted by atomic mass is 16.5. The van der Waals surface area contributed by atoms with E-state index in [1.54, 1.807) is 0 Å². The zero-order valence-electron chi connectivity index (χ0n) is 7.50. The molecule has 2 rings (SSSR count). The highest BCUT2D eigenvalue weighted by Crippen LogP contribution is 2.27. The molecule has 2 aromatic rings. The number of aromatic amines is 1. The van der Waals surface area contributed by atoms with Crippen molar-refractivity contribution in [2.24, 2.45) is 0 Å². The van der Waals surface area contributed by atoms with E-state index >= 15 is 0 Å². The van der Waals surface area contributed by atoms with E-state index in [1.165, 1.54) is 0 Å². The summed E-state index contributed by atoms with van der Waals surface area (Å²) in [6, 6.07) is 5.73. The minimum atomic E-state index is 0.656.